The average molecular weight is 184 g/mol. The van der Waals surface area contributed by atoms with Crippen LogP contribution in [0.3, 0.4) is 0 Å². The summed E-state index contributed by atoms with van der Waals surface area (Å²) in [6.45, 7) is 7.04. The van der Waals surface area contributed by atoms with Crippen LogP contribution in [0.1, 0.15) is 18.4 Å². The molecule has 0 saturated heterocycles. The SMILES string of the molecule is CCNCCOCc1cc(C)on1. The lowest BCUT2D eigenvalue weighted by atomic mass is 10.4. The Labute approximate surface area is 78.2 Å². The number of nitrogens with one attached hydrogen (secondary N) is 1. The zero-order chi connectivity index (χ0) is 9.52. The van der Waals surface area contributed by atoms with Crippen molar-refractivity contribution < 1.29 is 9.26 Å². The Bertz CT molecular complexity index is 235. The van der Waals surface area contributed by atoms with E-state index >= 15 is 0 Å². The topological polar surface area (TPSA) is 47.3 Å². The molecule has 13 heavy (non-hydrogen) atoms. The number of aromatic nitrogens is 1. The van der Waals surface area contributed by atoms with Gasteiger partial charge >= 0.3 is 0 Å². The van der Waals surface area contributed by atoms with Crippen molar-refractivity contribution >= 4 is 0 Å². The molecule has 0 aromatic carbocycles. The highest BCUT2D eigenvalue weighted by Crippen LogP contribution is 2.02. The molecule has 1 rings (SSSR count). The van der Waals surface area contributed by atoms with E-state index in [1.807, 2.05) is 13.0 Å². The second-order valence-electron chi connectivity index (χ2n) is 2.84. The molecule has 1 aromatic heterocycles. The molecule has 0 atom stereocenters. The third-order valence-corrected chi connectivity index (χ3v) is 1.60. The quantitative estimate of drug-likeness (QED) is 0.673. The van der Waals surface area contributed by atoms with Crippen LogP contribution < -0.4 is 5.32 Å². The molecule has 1 heterocycles. The Hall–Kier alpha value is -0.870. The molecule has 0 fully saturated rings. The van der Waals surface area contributed by atoms with Crippen LogP contribution in [-0.2, 0) is 11.3 Å². The maximum atomic E-state index is 5.35. The maximum absolute atomic E-state index is 5.35. The van der Waals surface area contributed by atoms with Crippen LogP contribution in [0.25, 0.3) is 0 Å². The van der Waals surface area contributed by atoms with Crippen LogP contribution >= 0.6 is 0 Å². The van der Waals surface area contributed by atoms with Crippen LogP contribution in [0.4, 0.5) is 0 Å². The first-order valence-electron chi connectivity index (χ1n) is 4.53. The third-order valence-electron chi connectivity index (χ3n) is 1.60. The molecule has 4 heteroatoms. The number of rotatable bonds is 6. The second kappa shape index (κ2) is 5.72. The maximum Gasteiger partial charge on any atom is 0.134 e. The van der Waals surface area contributed by atoms with Crippen molar-refractivity contribution in [2.75, 3.05) is 19.7 Å². The average Bonchev–Trinajstić information content (AvgIpc) is 2.51. The molecule has 1 N–H and O–H groups in total. The van der Waals surface area contributed by atoms with Crippen LogP contribution in [0.2, 0.25) is 0 Å². The van der Waals surface area contributed by atoms with Crippen molar-refractivity contribution in [2.24, 2.45) is 0 Å². The van der Waals surface area contributed by atoms with Gasteiger partial charge in [0.2, 0.25) is 0 Å². The van der Waals surface area contributed by atoms with Gasteiger partial charge in [0, 0.05) is 12.6 Å². The Morgan fingerprint density at radius 1 is 1.62 bits per heavy atom. The van der Waals surface area contributed by atoms with Gasteiger partial charge in [-0.15, -0.1) is 0 Å². The van der Waals surface area contributed by atoms with Crippen LogP contribution in [0.5, 0.6) is 0 Å². The first-order valence-corrected chi connectivity index (χ1v) is 4.53. The number of nitrogens with zero attached hydrogens (tertiary/aromatic N) is 1. The Balaban J connectivity index is 2.06. The predicted molar refractivity (Wildman–Crippen MR) is 49.4 cm³/mol. The van der Waals surface area contributed by atoms with Gasteiger partial charge in [0.1, 0.15) is 11.5 Å². The normalized spacial score (nSPS) is 10.6. The molecule has 0 amide bonds. The van der Waals surface area contributed by atoms with Crippen molar-refractivity contribution in [2.45, 2.75) is 20.5 Å². The smallest absolute Gasteiger partial charge is 0.134 e. The lowest BCUT2D eigenvalue weighted by Crippen LogP contribution is -2.18. The fourth-order valence-corrected chi connectivity index (χ4v) is 0.984. The van der Waals surface area contributed by atoms with Gasteiger partial charge in [0.05, 0.1) is 13.2 Å². The Morgan fingerprint density at radius 2 is 2.46 bits per heavy atom. The van der Waals surface area contributed by atoms with Gasteiger partial charge in [-0.2, -0.15) is 0 Å². The fourth-order valence-electron chi connectivity index (χ4n) is 0.984. The summed E-state index contributed by atoms with van der Waals surface area (Å²) in [6.07, 6.45) is 0. The number of aryl methyl sites for hydroxylation is 1. The first-order chi connectivity index (χ1) is 6.33. The molecule has 0 aliphatic carbocycles. The largest absolute Gasteiger partial charge is 0.374 e. The van der Waals surface area contributed by atoms with Gasteiger partial charge in [-0.1, -0.05) is 12.1 Å². The molecule has 74 valence electrons. The summed E-state index contributed by atoms with van der Waals surface area (Å²) in [4.78, 5) is 0. The molecule has 0 radical (unpaired) electrons. The Morgan fingerprint density at radius 3 is 3.08 bits per heavy atom. The zero-order valence-electron chi connectivity index (χ0n) is 8.17. The van der Waals surface area contributed by atoms with E-state index in [1.54, 1.807) is 0 Å². The molecular weight excluding hydrogens is 168 g/mol. The molecule has 4 nitrogen and oxygen atoms in total. The van der Waals surface area contributed by atoms with Crippen LogP contribution in [-0.4, -0.2) is 24.9 Å². The van der Waals surface area contributed by atoms with E-state index in [1.165, 1.54) is 0 Å². The van der Waals surface area contributed by atoms with E-state index in [2.05, 4.69) is 17.4 Å². The lowest BCUT2D eigenvalue weighted by molar-refractivity contribution is 0.118. The molecule has 0 saturated carbocycles. The minimum absolute atomic E-state index is 0.530. The molecule has 0 aliphatic rings. The summed E-state index contributed by atoms with van der Waals surface area (Å²) in [5.74, 6) is 0.824. The monoisotopic (exact) mass is 184 g/mol. The van der Waals surface area contributed by atoms with Gasteiger partial charge in [-0.05, 0) is 13.5 Å². The summed E-state index contributed by atoms with van der Waals surface area (Å²) < 4.78 is 10.2. The summed E-state index contributed by atoms with van der Waals surface area (Å²) in [5.41, 5.74) is 0.856. The van der Waals surface area contributed by atoms with E-state index in [0.717, 1.165) is 24.5 Å². The number of hydrogen-bond donors (Lipinski definition) is 1. The summed E-state index contributed by atoms with van der Waals surface area (Å²) in [7, 11) is 0. The van der Waals surface area contributed by atoms with Crippen molar-refractivity contribution in [3.05, 3.63) is 17.5 Å². The number of ether oxygens (including phenoxy) is 1. The van der Waals surface area contributed by atoms with Gasteiger partial charge in [0.15, 0.2) is 0 Å². The predicted octanol–water partition coefficient (Wildman–Crippen LogP) is 1.11. The van der Waals surface area contributed by atoms with Crippen LogP contribution in [0, 0.1) is 6.92 Å². The minimum atomic E-state index is 0.530. The Kier molecular flexibility index (Phi) is 4.49. The van der Waals surface area contributed by atoms with Gasteiger partial charge in [-0.25, -0.2) is 0 Å². The molecule has 1 aromatic rings. The summed E-state index contributed by atoms with van der Waals surface area (Å²) in [5, 5.41) is 6.98. The number of hydrogen-bond acceptors (Lipinski definition) is 4. The van der Waals surface area contributed by atoms with E-state index in [9.17, 15) is 0 Å². The van der Waals surface area contributed by atoms with Crippen molar-refractivity contribution in [1.29, 1.82) is 0 Å². The molecule has 0 bridgehead atoms. The van der Waals surface area contributed by atoms with Gasteiger partial charge < -0.3 is 14.6 Å². The van der Waals surface area contributed by atoms with Crippen molar-refractivity contribution in [3.63, 3.8) is 0 Å². The van der Waals surface area contributed by atoms with E-state index < -0.39 is 0 Å². The number of likely N-dealkylation sites (N-methyl/N-ethyl adjacent to an activating group) is 1. The molecule has 0 unspecified atom stereocenters. The molecule has 0 spiro atoms. The van der Waals surface area contributed by atoms with E-state index in [4.69, 9.17) is 9.26 Å². The third kappa shape index (κ3) is 4.05. The van der Waals surface area contributed by atoms with Crippen molar-refractivity contribution in [3.8, 4) is 0 Å². The highest BCUT2D eigenvalue weighted by molar-refractivity contribution is 5.01. The highest BCUT2D eigenvalue weighted by Gasteiger charge is 1.98. The summed E-state index contributed by atoms with van der Waals surface area (Å²) >= 11 is 0. The molecule has 0 aliphatic heterocycles. The van der Waals surface area contributed by atoms with Gasteiger partial charge in [0.25, 0.3) is 0 Å². The highest BCUT2D eigenvalue weighted by atomic mass is 16.5. The fraction of sp³-hybridized carbons (Fsp3) is 0.667. The minimum Gasteiger partial charge on any atom is -0.374 e. The summed E-state index contributed by atoms with van der Waals surface area (Å²) in [6, 6.07) is 1.88. The van der Waals surface area contributed by atoms with Crippen LogP contribution in [0.15, 0.2) is 10.6 Å². The second-order valence-corrected chi connectivity index (χ2v) is 2.84. The van der Waals surface area contributed by atoms with Gasteiger partial charge in [-0.3, -0.25) is 0 Å². The lowest BCUT2D eigenvalue weighted by Gasteiger charge is -2.01. The van der Waals surface area contributed by atoms with Crippen molar-refractivity contribution in [1.82, 2.24) is 10.5 Å². The standard InChI is InChI=1S/C9H16N2O2/c1-3-10-4-5-12-7-9-6-8(2)13-11-9/h6,10H,3-5,7H2,1-2H3. The molecular formula is C9H16N2O2. The van der Waals surface area contributed by atoms with E-state index in [-0.39, 0.29) is 0 Å². The zero-order valence-corrected chi connectivity index (χ0v) is 8.17. The van der Waals surface area contributed by atoms with E-state index in [0.29, 0.717) is 13.2 Å². The first kappa shape index (κ1) is 10.2.